The van der Waals surface area contributed by atoms with E-state index in [0.717, 1.165) is 0 Å². The van der Waals surface area contributed by atoms with Crippen molar-refractivity contribution < 1.29 is 20.5 Å². The van der Waals surface area contributed by atoms with Crippen LogP contribution in [-0.4, -0.2) is 59.9 Å². The van der Waals surface area contributed by atoms with Crippen LogP contribution in [0, 0.1) is 5.41 Å². The summed E-state index contributed by atoms with van der Waals surface area (Å²) in [6.45, 7) is -0.674. The Morgan fingerprint density at radius 3 is 2.43 bits per heavy atom. The van der Waals surface area contributed by atoms with E-state index in [0.29, 0.717) is 24.1 Å². The van der Waals surface area contributed by atoms with Gasteiger partial charge in [-0.3, -0.25) is 10.7 Å². The van der Waals surface area contributed by atoms with Crippen LogP contribution in [0.15, 0.2) is 6.33 Å². The minimum Gasteiger partial charge on any atom is -0.396 e. The Labute approximate surface area is 119 Å². The summed E-state index contributed by atoms with van der Waals surface area (Å²) in [4.78, 5) is 11.9. The van der Waals surface area contributed by atoms with E-state index >= 15 is 0 Å². The maximum absolute atomic E-state index is 9.31. The maximum Gasteiger partial charge on any atom is 0.224 e. The lowest BCUT2D eigenvalue weighted by Gasteiger charge is -2.27. The second-order valence-electron chi connectivity index (χ2n) is 4.88. The lowest BCUT2D eigenvalue weighted by Crippen LogP contribution is -2.35. The fraction of sp³-hybridized carbons (Fsp3) is 0.545. The fourth-order valence-corrected chi connectivity index (χ4v) is 1.95. The van der Waals surface area contributed by atoms with Crippen molar-refractivity contribution in [3.8, 4) is 0 Å². The average Bonchev–Trinajstić information content (AvgIpc) is 2.91. The van der Waals surface area contributed by atoms with Crippen LogP contribution in [0.3, 0.4) is 0 Å². The zero-order chi connectivity index (χ0) is 15.5. The van der Waals surface area contributed by atoms with Crippen LogP contribution in [0.2, 0.25) is 0 Å². The molecule has 0 aliphatic carbocycles. The SMILES string of the molecule is Nc1nc(NO)c2ncn(CCC(CO)(CO)CO)c2n1. The van der Waals surface area contributed by atoms with Crippen LogP contribution >= 0.6 is 0 Å². The molecule has 0 spiro atoms. The Hall–Kier alpha value is -2.01. The van der Waals surface area contributed by atoms with Gasteiger partial charge in [-0.1, -0.05) is 0 Å². The van der Waals surface area contributed by atoms with Gasteiger partial charge >= 0.3 is 0 Å². The molecule has 2 heterocycles. The molecule has 10 heteroatoms. The highest BCUT2D eigenvalue weighted by molar-refractivity contribution is 5.83. The summed E-state index contributed by atoms with van der Waals surface area (Å²) in [5.41, 5.74) is 7.22. The minimum absolute atomic E-state index is 0.0291. The van der Waals surface area contributed by atoms with Crippen molar-refractivity contribution in [2.24, 2.45) is 5.41 Å². The molecule has 2 rings (SSSR count). The molecule has 0 amide bonds. The van der Waals surface area contributed by atoms with Crippen LogP contribution in [0.1, 0.15) is 6.42 Å². The normalized spacial score (nSPS) is 12.0. The van der Waals surface area contributed by atoms with Crippen molar-refractivity contribution in [1.29, 1.82) is 0 Å². The number of hydrogen-bond acceptors (Lipinski definition) is 9. The van der Waals surface area contributed by atoms with Crippen molar-refractivity contribution in [3.05, 3.63) is 6.33 Å². The summed E-state index contributed by atoms with van der Waals surface area (Å²) in [7, 11) is 0. The molecule has 0 aliphatic heterocycles. The third kappa shape index (κ3) is 2.88. The van der Waals surface area contributed by atoms with Crippen LogP contribution < -0.4 is 11.2 Å². The van der Waals surface area contributed by atoms with Gasteiger partial charge in [0.2, 0.25) is 5.95 Å². The minimum atomic E-state index is -0.979. The molecule has 0 saturated heterocycles. The molecule has 0 radical (unpaired) electrons. The van der Waals surface area contributed by atoms with Gasteiger partial charge in [0, 0.05) is 12.0 Å². The lowest BCUT2D eigenvalue weighted by atomic mass is 9.87. The lowest BCUT2D eigenvalue weighted by molar-refractivity contribution is -0.00327. The van der Waals surface area contributed by atoms with E-state index in [1.807, 2.05) is 5.48 Å². The summed E-state index contributed by atoms with van der Waals surface area (Å²) in [6.07, 6.45) is 1.80. The first-order chi connectivity index (χ1) is 10.1. The van der Waals surface area contributed by atoms with Gasteiger partial charge in [0.1, 0.15) is 0 Å². The summed E-state index contributed by atoms with van der Waals surface area (Å²) in [5, 5.41) is 36.9. The molecule has 0 unspecified atom stereocenters. The van der Waals surface area contributed by atoms with E-state index < -0.39 is 5.41 Å². The third-order valence-corrected chi connectivity index (χ3v) is 3.48. The number of anilines is 2. The summed E-state index contributed by atoms with van der Waals surface area (Å²) < 4.78 is 1.64. The third-order valence-electron chi connectivity index (χ3n) is 3.48. The zero-order valence-corrected chi connectivity index (χ0v) is 11.3. The van der Waals surface area contributed by atoms with Crippen molar-refractivity contribution in [2.45, 2.75) is 13.0 Å². The van der Waals surface area contributed by atoms with E-state index in [1.165, 1.54) is 6.33 Å². The van der Waals surface area contributed by atoms with Gasteiger partial charge < -0.3 is 25.6 Å². The Morgan fingerprint density at radius 2 is 1.86 bits per heavy atom. The number of nitrogen functional groups attached to an aromatic ring is 1. The number of aryl methyl sites for hydroxylation is 1. The van der Waals surface area contributed by atoms with Gasteiger partial charge in [-0.2, -0.15) is 9.97 Å². The Kier molecular flexibility index (Phi) is 4.53. The largest absolute Gasteiger partial charge is 0.396 e. The standard InChI is InChI=1S/C11H18N6O4/c12-10-14-8(16-21)7-9(15-10)17(6-13-7)2-1-11(3-18,4-19)5-20/h6,18-21H,1-5H2,(H3,12,14,15,16). The first kappa shape index (κ1) is 15.4. The molecule has 0 aliphatic rings. The smallest absolute Gasteiger partial charge is 0.224 e. The van der Waals surface area contributed by atoms with Gasteiger partial charge in [0.25, 0.3) is 0 Å². The molecule has 0 saturated carbocycles. The molecule has 0 bridgehead atoms. The van der Waals surface area contributed by atoms with E-state index in [-0.39, 0.29) is 31.6 Å². The average molecular weight is 298 g/mol. The summed E-state index contributed by atoms with van der Waals surface area (Å²) in [6, 6.07) is 0. The molecular weight excluding hydrogens is 280 g/mol. The fourth-order valence-electron chi connectivity index (χ4n) is 1.95. The number of nitrogens with zero attached hydrogens (tertiary/aromatic N) is 4. The summed E-state index contributed by atoms with van der Waals surface area (Å²) >= 11 is 0. The number of imidazole rings is 1. The maximum atomic E-state index is 9.31. The van der Waals surface area contributed by atoms with Crippen molar-refractivity contribution in [2.75, 3.05) is 31.0 Å². The van der Waals surface area contributed by atoms with E-state index in [4.69, 9.17) is 10.9 Å². The van der Waals surface area contributed by atoms with Gasteiger partial charge in [-0.15, -0.1) is 0 Å². The predicted molar refractivity (Wildman–Crippen MR) is 73.5 cm³/mol. The molecule has 2 aromatic rings. The van der Waals surface area contributed by atoms with Crippen LogP contribution in [0.4, 0.5) is 11.8 Å². The van der Waals surface area contributed by atoms with Crippen molar-refractivity contribution in [3.63, 3.8) is 0 Å². The number of aromatic nitrogens is 4. The van der Waals surface area contributed by atoms with Crippen LogP contribution in [0.5, 0.6) is 0 Å². The van der Waals surface area contributed by atoms with E-state index in [1.54, 1.807) is 4.57 Å². The number of nitrogens with two attached hydrogens (primary N) is 1. The molecular formula is C11H18N6O4. The zero-order valence-electron chi connectivity index (χ0n) is 11.3. The predicted octanol–water partition coefficient (Wildman–Crippen LogP) is -1.44. The highest BCUT2D eigenvalue weighted by atomic mass is 16.5. The number of aliphatic hydroxyl groups is 3. The van der Waals surface area contributed by atoms with Crippen molar-refractivity contribution in [1.82, 2.24) is 19.5 Å². The Morgan fingerprint density at radius 1 is 1.19 bits per heavy atom. The van der Waals surface area contributed by atoms with Crippen LogP contribution in [-0.2, 0) is 6.54 Å². The van der Waals surface area contributed by atoms with Crippen LogP contribution in [0.25, 0.3) is 11.2 Å². The number of nitrogens with one attached hydrogen (secondary N) is 1. The highest BCUT2D eigenvalue weighted by Gasteiger charge is 2.28. The molecule has 116 valence electrons. The molecule has 21 heavy (non-hydrogen) atoms. The molecule has 7 N–H and O–H groups in total. The summed E-state index contributed by atoms with van der Waals surface area (Å²) in [5.74, 6) is 0.0625. The quantitative estimate of drug-likeness (QED) is 0.336. The van der Waals surface area contributed by atoms with E-state index in [9.17, 15) is 15.3 Å². The second kappa shape index (κ2) is 6.18. The Bertz CT molecular complexity index is 604. The number of rotatable bonds is 7. The Balaban J connectivity index is 2.29. The molecule has 0 fully saturated rings. The van der Waals surface area contributed by atoms with Gasteiger partial charge in [0.15, 0.2) is 17.0 Å². The number of hydrogen-bond donors (Lipinski definition) is 6. The molecule has 0 aromatic carbocycles. The monoisotopic (exact) mass is 298 g/mol. The van der Waals surface area contributed by atoms with Gasteiger partial charge in [-0.05, 0) is 6.42 Å². The van der Waals surface area contributed by atoms with Gasteiger partial charge in [-0.25, -0.2) is 4.98 Å². The topological polar surface area (TPSA) is 163 Å². The first-order valence-electron chi connectivity index (χ1n) is 6.30. The molecule has 2 aromatic heterocycles. The molecule has 0 atom stereocenters. The van der Waals surface area contributed by atoms with Gasteiger partial charge in [0.05, 0.1) is 26.1 Å². The first-order valence-corrected chi connectivity index (χ1v) is 6.30. The number of aliphatic hydroxyl groups excluding tert-OH is 3. The number of fused-ring (bicyclic) bond motifs is 1. The van der Waals surface area contributed by atoms with Crippen molar-refractivity contribution >= 4 is 22.9 Å². The highest BCUT2D eigenvalue weighted by Crippen LogP contribution is 2.24. The molecule has 10 nitrogen and oxygen atoms in total. The second-order valence-corrected chi connectivity index (χ2v) is 4.88. The van der Waals surface area contributed by atoms with E-state index in [2.05, 4.69) is 15.0 Å².